The number of rotatable bonds is 3. The Kier molecular flexibility index (Phi) is 3.90. The van der Waals surface area contributed by atoms with Crippen LogP contribution < -0.4 is 0 Å². The molecule has 2 nitrogen and oxygen atoms in total. The molecule has 0 aliphatic rings. The molecule has 15 heavy (non-hydrogen) atoms. The second-order valence-electron chi connectivity index (χ2n) is 5.22. The highest BCUT2D eigenvalue weighted by molar-refractivity contribution is 7.09. The van der Waals surface area contributed by atoms with Crippen molar-refractivity contribution in [3.63, 3.8) is 0 Å². The summed E-state index contributed by atoms with van der Waals surface area (Å²) >= 11 is 1.70. The molecular formula is C12H21NOS. The molecule has 1 heterocycles. The minimum absolute atomic E-state index is 0.129. The zero-order chi connectivity index (χ0) is 11.6. The first-order valence-electron chi connectivity index (χ1n) is 5.35. The lowest BCUT2D eigenvalue weighted by atomic mass is 9.93. The Balaban J connectivity index is 2.92. The summed E-state index contributed by atoms with van der Waals surface area (Å²) in [6, 6.07) is 0. The Morgan fingerprint density at radius 2 is 1.93 bits per heavy atom. The average Bonchev–Trinajstić information content (AvgIpc) is 2.52. The first kappa shape index (κ1) is 12.7. The third-order valence-electron chi connectivity index (χ3n) is 2.39. The Morgan fingerprint density at radius 1 is 1.33 bits per heavy atom. The van der Waals surface area contributed by atoms with E-state index in [0.717, 1.165) is 10.7 Å². The summed E-state index contributed by atoms with van der Waals surface area (Å²) in [5.74, 6) is 0.467. The van der Waals surface area contributed by atoms with Crippen LogP contribution in [0.1, 0.15) is 51.4 Å². The molecule has 86 valence electrons. The highest BCUT2D eigenvalue weighted by Gasteiger charge is 2.22. The van der Waals surface area contributed by atoms with Crippen molar-refractivity contribution in [3.05, 3.63) is 16.1 Å². The van der Waals surface area contributed by atoms with Crippen LogP contribution in [0.3, 0.4) is 0 Å². The number of ether oxygens (including phenoxy) is 1. The molecule has 1 aromatic heterocycles. The predicted octanol–water partition coefficient (Wildman–Crippen LogP) is 3.78. The molecule has 0 radical (unpaired) electrons. The number of hydrogen-bond donors (Lipinski definition) is 0. The fourth-order valence-corrected chi connectivity index (χ4v) is 2.71. The van der Waals surface area contributed by atoms with Crippen LogP contribution in [0, 0.1) is 5.92 Å². The first-order chi connectivity index (χ1) is 6.86. The summed E-state index contributed by atoms with van der Waals surface area (Å²) in [6.45, 7) is 10.9. The lowest BCUT2D eigenvalue weighted by Gasteiger charge is -2.17. The van der Waals surface area contributed by atoms with Crippen molar-refractivity contribution in [2.45, 2.75) is 46.1 Å². The van der Waals surface area contributed by atoms with E-state index >= 15 is 0 Å². The standard InChI is InChI=1S/C12H21NOS/c1-8(2)10(14-6)11-13-9(7-15-11)12(3,4)5/h7-8,10H,1-6H3. The summed E-state index contributed by atoms with van der Waals surface area (Å²) < 4.78 is 5.47. The fraction of sp³-hybridized carbons (Fsp3) is 0.750. The van der Waals surface area contributed by atoms with Crippen LogP contribution in [0.4, 0.5) is 0 Å². The van der Waals surface area contributed by atoms with Crippen LogP contribution in [0.15, 0.2) is 5.38 Å². The number of methoxy groups -OCH3 is 1. The molecule has 0 aromatic carbocycles. The van der Waals surface area contributed by atoms with Crippen molar-refractivity contribution in [2.75, 3.05) is 7.11 Å². The zero-order valence-electron chi connectivity index (χ0n) is 10.5. The molecule has 0 aliphatic carbocycles. The van der Waals surface area contributed by atoms with Gasteiger partial charge in [0.05, 0.1) is 5.69 Å². The number of aromatic nitrogens is 1. The number of hydrogen-bond acceptors (Lipinski definition) is 3. The Bertz CT molecular complexity index is 312. The second-order valence-corrected chi connectivity index (χ2v) is 6.11. The van der Waals surface area contributed by atoms with Gasteiger partial charge in [-0.3, -0.25) is 0 Å². The third-order valence-corrected chi connectivity index (χ3v) is 3.30. The van der Waals surface area contributed by atoms with E-state index in [1.807, 2.05) is 0 Å². The largest absolute Gasteiger partial charge is 0.374 e. The van der Waals surface area contributed by atoms with Gasteiger partial charge < -0.3 is 4.74 Å². The van der Waals surface area contributed by atoms with Gasteiger partial charge in [-0.05, 0) is 5.92 Å². The summed E-state index contributed by atoms with van der Waals surface area (Å²) in [4.78, 5) is 4.67. The van der Waals surface area contributed by atoms with Gasteiger partial charge in [0, 0.05) is 17.9 Å². The Morgan fingerprint density at radius 3 is 2.27 bits per heavy atom. The molecule has 0 fully saturated rings. The van der Waals surface area contributed by atoms with E-state index in [2.05, 4.69) is 45.0 Å². The van der Waals surface area contributed by atoms with Gasteiger partial charge in [-0.1, -0.05) is 34.6 Å². The van der Waals surface area contributed by atoms with Crippen molar-refractivity contribution in [1.82, 2.24) is 4.98 Å². The fourth-order valence-electron chi connectivity index (χ4n) is 1.42. The molecular weight excluding hydrogens is 206 g/mol. The number of nitrogens with zero attached hydrogens (tertiary/aromatic N) is 1. The van der Waals surface area contributed by atoms with Gasteiger partial charge in [0.1, 0.15) is 11.1 Å². The first-order valence-corrected chi connectivity index (χ1v) is 6.23. The van der Waals surface area contributed by atoms with Crippen LogP contribution in [-0.2, 0) is 10.2 Å². The average molecular weight is 227 g/mol. The normalized spacial score (nSPS) is 14.6. The van der Waals surface area contributed by atoms with E-state index in [0.29, 0.717) is 5.92 Å². The number of thiazole rings is 1. The molecule has 0 N–H and O–H groups in total. The van der Waals surface area contributed by atoms with E-state index in [1.165, 1.54) is 0 Å². The molecule has 1 aromatic rings. The van der Waals surface area contributed by atoms with Crippen molar-refractivity contribution >= 4 is 11.3 Å². The van der Waals surface area contributed by atoms with E-state index in [1.54, 1.807) is 18.4 Å². The topological polar surface area (TPSA) is 22.1 Å². The SMILES string of the molecule is COC(c1nc(C(C)(C)C)cs1)C(C)C. The monoisotopic (exact) mass is 227 g/mol. The molecule has 3 heteroatoms. The van der Waals surface area contributed by atoms with Crippen LogP contribution in [0.5, 0.6) is 0 Å². The summed E-state index contributed by atoms with van der Waals surface area (Å²) in [7, 11) is 1.75. The maximum absolute atomic E-state index is 5.47. The van der Waals surface area contributed by atoms with E-state index in [-0.39, 0.29) is 11.5 Å². The van der Waals surface area contributed by atoms with Gasteiger partial charge in [0.2, 0.25) is 0 Å². The molecule has 0 amide bonds. The minimum atomic E-state index is 0.129. The van der Waals surface area contributed by atoms with E-state index < -0.39 is 0 Å². The lowest BCUT2D eigenvalue weighted by Crippen LogP contribution is -2.13. The minimum Gasteiger partial charge on any atom is -0.374 e. The van der Waals surface area contributed by atoms with Gasteiger partial charge in [0.25, 0.3) is 0 Å². The molecule has 0 spiro atoms. The quantitative estimate of drug-likeness (QED) is 0.784. The summed E-state index contributed by atoms with van der Waals surface area (Å²) in [6.07, 6.45) is 0.131. The van der Waals surface area contributed by atoms with E-state index in [9.17, 15) is 0 Å². The molecule has 0 saturated heterocycles. The molecule has 1 atom stereocenters. The zero-order valence-corrected chi connectivity index (χ0v) is 11.3. The molecule has 0 aliphatic heterocycles. The summed E-state index contributed by atoms with van der Waals surface area (Å²) in [5.41, 5.74) is 1.29. The van der Waals surface area contributed by atoms with Gasteiger partial charge in [0.15, 0.2) is 0 Å². The smallest absolute Gasteiger partial charge is 0.122 e. The van der Waals surface area contributed by atoms with Gasteiger partial charge in [-0.2, -0.15) is 0 Å². The second kappa shape index (κ2) is 4.62. The van der Waals surface area contributed by atoms with Crippen molar-refractivity contribution in [2.24, 2.45) is 5.92 Å². The van der Waals surface area contributed by atoms with Crippen LogP contribution >= 0.6 is 11.3 Å². The summed E-state index contributed by atoms with van der Waals surface area (Å²) in [5, 5.41) is 3.24. The maximum Gasteiger partial charge on any atom is 0.122 e. The van der Waals surface area contributed by atoms with Crippen molar-refractivity contribution in [3.8, 4) is 0 Å². The van der Waals surface area contributed by atoms with Gasteiger partial charge in [-0.15, -0.1) is 11.3 Å². The molecule has 0 bridgehead atoms. The van der Waals surface area contributed by atoms with Gasteiger partial charge in [-0.25, -0.2) is 4.98 Å². The highest BCUT2D eigenvalue weighted by Crippen LogP contribution is 2.31. The predicted molar refractivity (Wildman–Crippen MR) is 65.4 cm³/mol. The maximum atomic E-state index is 5.47. The third kappa shape index (κ3) is 3.02. The van der Waals surface area contributed by atoms with Crippen LogP contribution in [-0.4, -0.2) is 12.1 Å². The van der Waals surface area contributed by atoms with Crippen molar-refractivity contribution < 1.29 is 4.74 Å². The highest BCUT2D eigenvalue weighted by atomic mass is 32.1. The van der Waals surface area contributed by atoms with E-state index in [4.69, 9.17) is 4.74 Å². The molecule has 0 saturated carbocycles. The van der Waals surface area contributed by atoms with Crippen molar-refractivity contribution in [1.29, 1.82) is 0 Å². The molecule has 1 rings (SSSR count). The van der Waals surface area contributed by atoms with Crippen LogP contribution in [0.2, 0.25) is 0 Å². The van der Waals surface area contributed by atoms with Crippen LogP contribution in [0.25, 0.3) is 0 Å². The molecule has 1 unspecified atom stereocenters. The Labute approximate surface area is 96.7 Å². The van der Waals surface area contributed by atoms with Gasteiger partial charge >= 0.3 is 0 Å². The lowest BCUT2D eigenvalue weighted by molar-refractivity contribution is 0.0642. The Hall–Kier alpha value is -0.410.